The van der Waals surface area contributed by atoms with Crippen molar-refractivity contribution < 1.29 is 18.3 Å². The maximum atomic E-state index is 12.4. The molecule has 1 amide bonds. The normalized spacial score (nSPS) is 11.2. The van der Waals surface area contributed by atoms with Gasteiger partial charge in [-0.2, -0.15) is 8.78 Å². The Hall–Kier alpha value is -2.58. The van der Waals surface area contributed by atoms with Crippen LogP contribution in [0.5, 0.6) is 5.75 Å². The molecule has 0 unspecified atom stereocenters. The molecule has 4 nitrogen and oxygen atoms in total. The molecule has 2 aromatic heterocycles. The van der Waals surface area contributed by atoms with Gasteiger partial charge in [0.25, 0.3) is 0 Å². The van der Waals surface area contributed by atoms with Crippen molar-refractivity contribution in [1.82, 2.24) is 4.98 Å². The molecule has 0 spiro atoms. The van der Waals surface area contributed by atoms with Gasteiger partial charge in [-0.15, -0.1) is 22.7 Å². The number of carbonyl (C=O) groups excluding carboxylic acids is 1. The average Bonchev–Trinajstić information content (AvgIpc) is 3.24. The van der Waals surface area contributed by atoms with Gasteiger partial charge in [0.2, 0.25) is 5.91 Å². The first kappa shape index (κ1) is 17.2. The van der Waals surface area contributed by atoms with Gasteiger partial charge in [0.05, 0.1) is 10.6 Å². The molecule has 1 N–H and O–H groups in total. The lowest BCUT2D eigenvalue weighted by Crippen LogP contribution is -2.07. The molecule has 8 heteroatoms. The number of ether oxygens (including phenoxy) is 1. The van der Waals surface area contributed by atoms with Crippen LogP contribution in [0.25, 0.3) is 16.6 Å². The van der Waals surface area contributed by atoms with Gasteiger partial charge >= 0.3 is 6.61 Å². The van der Waals surface area contributed by atoms with Gasteiger partial charge in [-0.25, -0.2) is 4.98 Å². The molecule has 2 heterocycles. The SMILES string of the molecule is O=C(/C=C/c1ccccc1OC(F)F)Nc1nc(-c2cccs2)cs1. The van der Waals surface area contributed by atoms with E-state index in [4.69, 9.17) is 0 Å². The van der Waals surface area contributed by atoms with Crippen LogP contribution in [0, 0.1) is 0 Å². The van der Waals surface area contributed by atoms with Crippen molar-refractivity contribution >= 4 is 39.8 Å². The molecule has 128 valence electrons. The summed E-state index contributed by atoms with van der Waals surface area (Å²) in [5, 5.41) is 6.93. The number of hydrogen-bond donors (Lipinski definition) is 1. The largest absolute Gasteiger partial charge is 0.434 e. The van der Waals surface area contributed by atoms with Gasteiger partial charge in [-0.05, 0) is 23.6 Å². The first-order valence-electron chi connectivity index (χ1n) is 7.14. The van der Waals surface area contributed by atoms with E-state index in [9.17, 15) is 13.6 Å². The summed E-state index contributed by atoms with van der Waals surface area (Å²) in [6.45, 7) is -2.92. The fourth-order valence-corrected chi connectivity index (χ4v) is 3.48. The second-order valence-corrected chi connectivity index (χ2v) is 6.56. The zero-order chi connectivity index (χ0) is 17.6. The molecule has 0 fully saturated rings. The Morgan fingerprint density at radius 1 is 1.20 bits per heavy atom. The first-order valence-corrected chi connectivity index (χ1v) is 8.90. The van der Waals surface area contributed by atoms with E-state index in [-0.39, 0.29) is 5.75 Å². The summed E-state index contributed by atoms with van der Waals surface area (Å²) in [4.78, 5) is 17.4. The summed E-state index contributed by atoms with van der Waals surface area (Å²) >= 11 is 2.88. The number of benzene rings is 1. The molecular formula is C17H12F2N2O2S2. The number of alkyl halides is 2. The van der Waals surface area contributed by atoms with E-state index in [1.54, 1.807) is 29.5 Å². The summed E-state index contributed by atoms with van der Waals surface area (Å²) in [7, 11) is 0. The maximum absolute atomic E-state index is 12.4. The Labute approximate surface area is 150 Å². The third-order valence-corrected chi connectivity index (χ3v) is 4.71. The highest BCUT2D eigenvalue weighted by molar-refractivity contribution is 7.16. The quantitative estimate of drug-likeness (QED) is 0.606. The number of anilines is 1. The fraction of sp³-hybridized carbons (Fsp3) is 0.0588. The van der Waals surface area contributed by atoms with Crippen LogP contribution in [0.15, 0.2) is 53.2 Å². The Morgan fingerprint density at radius 2 is 2.04 bits per heavy atom. The van der Waals surface area contributed by atoms with Gasteiger partial charge < -0.3 is 4.74 Å². The van der Waals surface area contributed by atoms with Crippen LogP contribution in [0.3, 0.4) is 0 Å². The van der Waals surface area contributed by atoms with Gasteiger partial charge in [0.1, 0.15) is 5.75 Å². The van der Waals surface area contributed by atoms with Gasteiger partial charge in [0, 0.05) is 17.0 Å². The number of amides is 1. The fourth-order valence-electron chi connectivity index (χ4n) is 2.00. The Kier molecular flexibility index (Phi) is 5.52. The van der Waals surface area contributed by atoms with Crippen molar-refractivity contribution in [2.75, 3.05) is 5.32 Å². The molecule has 1 aromatic carbocycles. The minimum absolute atomic E-state index is 0.00998. The number of para-hydroxylation sites is 1. The third-order valence-electron chi connectivity index (χ3n) is 3.06. The highest BCUT2D eigenvalue weighted by atomic mass is 32.1. The predicted molar refractivity (Wildman–Crippen MR) is 96.2 cm³/mol. The second kappa shape index (κ2) is 8.00. The molecule has 25 heavy (non-hydrogen) atoms. The summed E-state index contributed by atoms with van der Waals surface area (Å²) in [6.07, 6.45) is 2.67. The number of aromatic nitrogens is 1. The van der Waals surface area contributed by atoms with Crippen molar-refractivity contribution in [1.29, 1.82) is 0 Å². The first-order chi connectivity index (χ1) is 12.1. The Balaban J connectivity index is 1.66. The van der Waals surface area contributed by atoms with Crippen molar-refractivity contribution in [2.45, 2.75) is 6.61 Å². The Bertz CT molecular complexity index is 876. The highest BCUT2D eigenvalue weighted by Gasteiger charge is 2.09. The van der Waals surface area contributed by atoms with Crippen LogP contribution in [-0.2, 0) is 4.79 Å². The van der Waals surface area contributed by atoms with Crippen LogP contribution in [0.2, 0.25) is 0 Å². The van der Waals surface area contributed by atoms with Crippen molar-refractivity contribution in [3.05, 3.63) is 58.8 Å². The van der Waals surface area contributed by atoms with E-state index in [1.165, 1.54) is 29.6 Å². The van der Waals surface area contributed by atoms with E-state index in [1.807, 2.05) is 22.9 Å². The second-order valence-electron chi connectivity index (χ2n) is 4.75. The summed E-state index contributed by atoms with van der Waals surface area (Å²) < 4.78 is 29.2. The molecule has 0 aliphatic heterocycles. The lowest BCUT2D eigenvalue weighted by molar-refractivity contribution is -0.111. The van der Waals surface area contributed by atoms with Crippen LogP contribution in [0.1, 0.15) is 5.56 Å². The molecule has 3 aromatic rings. The lowest BCUT2D eigenvalue weighted by Gasteiger charge is -2.07. The number of rotatable bonds is 6. The topological polar surface area (TPSA) is 51.2 Å². The zero-order valence-electron chi connectivity index (χ0n) is 12.7. The standard InChI is InChI=1S/C17H12F2N2O2S2/c18-16(19)23-13-5-2-1-4-11(13)7-8-15(22)21-17-20-12(10-25-17)14-6-3-9-24-14/h1-10,16H,(H,20,21,22)/b8-7+. The predicted octanol–water partition coefficient (Wildman–Crippen LogP) is 5.12. The highest BCUT2D eigenvalue weighted by Crippen LogP contribution is 2.28. The Morgan fingerprint density at radius 3 is 2.80 bits per heavy atom. The number of hydrogen-bond acceptors (Lipinski definition) is 5. The van der Waals surface area contributed by atoms with E-state index in [2.05, 4.69) is 15.0 Å². The number of nitrogens with one attached hydrogen (secondary N) is 1. The van der Waals surface area contributed by atoms with Gasteiger partial charge in [0.15, 0.2) is 5.13 Å². The van der Waals surface area contributed by atoms with Crippen LogP contribution < -0.4 is 10.1 Å². The van der Waals surface area contributed by atoms with Crippen LogP contribution in [-0.4, -0.2) is 17.5 Å². The smallest absolute Gasteiger partial charge is 0.387 e. The number of halogens is 2. The lowest BCUT2D eigenvalue weighted by atomic mass is 10.2. The molecule has 0 aliphatic rings. The summed E-state index contributed by atoms with van der Waals surface area (Å²) in [5.41, 5.74) is 1.19. The number of nitrogens with zero attached hydrogens (tertiary/aromatic N) is 1. The monoisotopic (exact) mass is 378 g/mol. The summed E-state index contributed by atoms with van der Waals surface area (Å²) in [5.74, 6) is -0.394. The zero-order valence-corrected chi connectivity index (χ0v) is 14.3. The molecular weight excluding hydrogens is 366 g/mol. The molecule has 3 rings (SSSR count). The minimum atomic E-state index is -2.92. The number of carbonyl (C=O) groups is 1. The molecule has 0 saturated carbocycles. The van der Waals surface area contributed by atoms with Crippen molar-refractivity contribution in [3.8, 4) is 16.3 Å². The number of thiazole rings is 1. The average molecular weight is 378 g/mol. The van der Waals surface area contributed by atoms with Crippen LogP contribution in [0.4, 0.5) is 13.9 Å². The van der Waals surface area contributed by atoms with E-state index in [0.717, 1.165) is 10.6 Å². The maximum Gasteiger partial charge on any atom is 0.387 e. The number of thiophene rings is 1. The van der Waals surface area contributed by atoms with Crippen LogP contribution >= 0.6 is 22.7 Å². The molecule has 0 aliphatic carbocycles. The molecule has 0 atom stereocenters. The van der Waals surface area contributed by atoms with E-state index in [0.29, 0.717) is 10.7 Å². The molecule has 0 saturated heterocycles. The van der Waals surface area contributed by atoms with E-state index < -0.39 is 12.5 Å². The molecule has 0 radical (unpaired) electrons. The third kappa shape index (κ3) is 4.71. The van der Waals surface area contributed by atoms with Crippen molar-refractivity contribution in [2.24, 2.45) is 0 Å². The minimum Gasteiger partial charge on any atom is -0.434 e. The van der Waals surface area contributed by atoms with Gasteiger partial charge in [-0.1, -0.05) is 24.3 Å². The molecule has 0 bridgehead atoms. The summed E-state index contributed by atoms with van der Waals surface area (Å²) in [6, 6.07) is 10.1. The van der Waals surface area contributed by atoms with E-state index >= 15 is 0 Å². The van der Waals surface area contributed by atoms with Gasteiger partial charge in [-0.3, -0.25) is 10.1 Å². The van der Waals surface area contributed by atoms with Crippen molar-refractivity contribution in [3.63, 3.8) is 0 Å².